The number of benzene rings is 1. The van der Waals surface area contributed by atoms with E-state index in [4.69, 9.17) is 9.26 Å². The second kappa shape index (κ2) is 4.78. The van der Waals surface area contributed by atoms with Gasteiger partial charge in [0.15, 0.2) is 18.7 Å². The number of carbonyl (C=O) groups is 1. The molecule has 0 saturated heterocycles. The fourth-order valence-corrected chi connectivity index (χ4v) is 1.50. The van der Waals surface area contributed by atoms with Gasteiger partial charge in [-0.05, 0) is 25.5 Å². The number of aryl methyl sites for hydroxylation is 2. The molecule has 1 aromatic carbocycles. The summed E-state index contributed by atoms with van der Waals surface area (Å²) in [4.78, 5) is 14.9. The average Bonchev–Trinajstić information content (AvgIpc) is 2.73. The molecule has 5 heteroatoms. The highest BCUT2D eigenvalue weighted by Crippen LogP contribution is 2.22. The third kappa shape index (κ3) is 2.50. The minimum atomic E-state index is 0.159. The van der Waals surface area contributed by atoms with Crippen molar-refractivity contribution in [1.29, 1.82) is 0 Å². The number of aldehydes is 1. The van der Waals surface area contributed by atoms with Crippen molar-refractivity contribution in [2.45, 2.75) is 20.5 Å². The summed E-state index contributed by atoms with van der Waals surface area (Å²) in [6.45, 7) is 3.77. The second-order valence-corrected chi connectivity index (χ2v) is 3.64. The monoisotopic (exact) mass is 232 g/mol. The van der Waals surface area contributed by atoms with Crippen molar-refractivity contribution in [3.8, 4) is 5.75 Å². The number of carbonyl (C=O) groups excluding carboxylic acids is 1. The Morgan fingerprint density at radius 1 is 1.41 bits per heavy atom. The lowest BCUT2D eigenvalue weighted by Gasteiger charge is -2.08. The smallest absolute Gasteiger partial charge is 0.264 e. The van der Waals surface area contributed by atoms with Crippen molar-refractivity contribution in [2.24, 2.45) is 0 Å². The fourth-order valence-electron chi connectivity index (χ4n) is 1.50. The molecule has 2 aromatic rings. The van der Waals surface area contributed by atoms with Crippen LogP contribution >= 0.6 is 0 Å². The maximum atomic E-state index is 10.9. The van der Waals surface area contributed by atoms with Crippen molar-refractivity contribution in [1.82, 2.24) is 10.1 Å². The summed E-state index contributed by atoms with van der Waals surface area (Å²) in [6.07, 6.45) is 0.765. The van der Waals surface area contributed by atoms with E-state index in [1.807, 2.05) is 19.1 Å². The van der Waals surface area contributed by atoms with Gasteiger partial charge in [-0.2, -0.15) is 4.98 Å². The number of para-hydroxylation sites is 1. The van der Waals surface area contributed by atoms with E-state index < -0.39 is 0 Å². The Morgan fingerprint density at radius 3 is 2.88 bits per heavy atom. The molecule has 0 saturated carbocycles. The lowest BCUT2D eigenvalue weighted by molar-refractivity contribution is 0.111. The van der Waals surface area contributed by atoms with Gasteiger partial charge in [-0.3, -0.25) is 4.79 Å². The zero-order valence-electron chi connectivity index (χ0n) is 9.64. The van der Waals surface area contributed by atoms with Crippen molar-refractivity contribution in [3.63, 3.8) is 0 Å². The highest BCUT2D eigenvalue weighted by Gasteiger charge is 2.09. The van der Waals surface area contributed by atoms with E-state index in [0.717, 1.165) is 11.8 Å². The van der Waals surface area contributed by atoms with Crippen LogP contribution in [0.3, 0.4) is 0 Å². The molecule has 0 radical (unpaired) electrons. The van der Waals surface area contributed by atoms with E-state index in [9.17, 15) is 4.79 Å². The molecule has 0 aliphatic rings. The molecule has 0 spiro atoms. The lowest BCUT2D eigenvalue weighted by atomic mass is 10.1. The third-order valence-electron chi connectivity index (χ3n) is 2.28. The first-order valence-corrected chi connectivity index (χ1v) is 5.17. The second-order valence-electron chi connectivity index (χ2n) is 3.64. The van der Waals surface area contributed by atoms with E-state index in [-0.39, 0.29) is 6.61 Å². The van der Waals surface area contributed by atoms with E-state index in [1.54, 1.807) is 13.0 Å². The molecule has 0 fully saturated rings. The largest absolute Gasteiger partial charge is 0.483 e. The van der Waals surface area contributed by atoms with Gasteiger partial charge < -0.3 is 9.26 Å². The van der Waals surface area contributed by atoms with Gasteiger partial charge in [0.1, 0.15) is 5.75 Å². The van der Waals surface area contributed by atoms with Gasteiger partial charge in [-0.25, -0.2) is 0 Å². The molecule has 88 valence electrons. The van der Waals surface area contributed by atoms with E-state index in [1.165, 1.54) is 0 Å². The van der Waals surface area contributed by atoms with Gasteiger partial charge >= 0.3 is 0 Å². The van der Waals surface area contributed by atoms with E-state index >= 15 is 0 Å². The SMILES string of the molecule is Cc1noc(COc2c(C)cccc2C=O)n1. The summed E-state index contributed by atoms with van der Waals surface area (Å²) in [5.74, 6) is 1.50. The number of ether oxygens (including phenoxy) is 1. The third-order valence-corrected chi connectivity index (χ3v) is 2.28. The van der Waals surface area contributed by atoms with E-state index in [2.05, 4.69) is 10.1 Å². The number of aromatic nitrogens is 2. The summed E-state index contributed by atoms with van der Waals surface area (Å²) in [7, 11) is 0. The average molecular weight is 232 g/mol. The lowest BCUT2D eigenvalue weighted by Crippen LogP contribution is -2.00. The van der Waals surface area contributed by atoms with Crippen LogP contribution in [0, 0.1) is 13.8 Å². The topological polar surface area (TPSA) is 65.2 Å². The molecule has 0 aliphatic carbocycles. The molecular formula is C12H12N2O3. The highest BCUT2D eigenvalue weighted by atomic mass is 16.5. The molecule has 0 amide bonds. The zero-order valence-corrected chi connectivity index (χ0v) is 9.64. The number of nitrogens with zero attached hydrogens (tertiary/aromatic N) is 2. The molecule has 0 aliphatic heterocycles. The Morgan fingerprint density at radius 2 is 2.24 bits per heavy atom. The molecule has 1 heterocycles. The molecule has 0 atom stereocenters. The quantitative estimate of drug-likeness (QED) is 0.755. The van der Waals surface area contributed by atoms with Crippen LogP contribution in [0.15, 0.2) is 22.7 Å². The Kier molecular flexibility index (Phi) is 3.18. The molecular weight excluding hydrogens is 220 g/mol. The fraction of sp³-hybridized carbons (Fsp3) is 0.250. The van der Waals surface area contributed by atoms with Crippen LogP contribution < -0.4 is 4.74 Å². The summed E-state index contributed by atoms with van der Waals surface area (Å²) >= 11 is 0. The molecule has 1 aromatic heterocycles. The van der Waals surface area contributed by atoms with Crippen molar-refractivity contribution >= 4 is 6.29 Å². The first-order valence-electron chi connectivity index (χ1n) is 5.17. The van der Waals surface area contributed by atoms with Crippen molar-refractivity contribution < 1.29 is 14.1 Å². The van der Waals surface area contributed by atoms with Gasteiger partial charge in [0.25, 0.3) is 5.89 Å². The first kappa shape index (κ1) is 11.3. The zero-order chi connectivity index (χ0) is 12.3. The van der Waals surface area contributed by atoms with E-state index in [0.29, 0.717) is 23.0 Å². The minimum Gasteiger partial charge on any atom is -0.483 e. The molecule has 17 heavy (non-hydrogen) atoms. The van der Waals surface area contributed by atoms with Crippen molar-refractivity contribution in [3.05, 3.63) is 41.0 Å². The molecule has 0 bridgehead atoms. The van der Waals surface area contributed by atoms with Gasteiger partial charge in [-0.15, -0.1) is 0 Å². The summed E-state index contributed by atoms with van der Waals surface area (Å²) in [5.41, 5.74) is 1.41. The predicted octanol–water partition coefficient (Wildman–Crippen LogP) is 2.08. The normalized spacial score (nSPS) is 10.2. The van der Waals surface area contributed by atoms with Crippen LogP contribution in [0.5, 0.6) is 5.75 Å². The number of hydrogen-bond acceptors (Lipinski definition) is 5. The van der Waals surface area contributed by atoms with Gasteiger partial charge in [-0.1, -0.05) is 17.3 Å². The van der Waals surface area contributed by atoms with Gasteiger partial charge in [0.05, 0.1) is 5.56 Å². The van der Waals surface area contributed by atoms with Gasteiger partial charge in [0.2, 0.25) is 0 Å². The first-order chi connectivity index (χ1) is 8.20. The van der Waals surface area contributed by atoms with Crippen LogP contribution in [-0.4, -0.2) is 16.4 Å². The van der Waals surface area contributed by atoms with Crippen molar-refractivity contribution in [2.75, 3.05) is 0 Å². The Bertz CT molecular complexity index is 534. The van der Waals surface area contributed by atoms with Crippen LogP contribution in [0.1, 0.15) is 27.6 Å². The number of hydrogen-bond donors (Lipinski definition) is 0. The Labute approximate surface area is 98.4 Å². The standard InChI is InChI=1S/C12H12N2O3/c1-8-4-3-5-10(6-15)12(8)16-7-11-13-9(2)14-17-11/h3-6H,7H2,1-2H3. The molecule has 0 unspecified atom stereocenters. The molecule has 0 N–H and O–H groups in total. The Hall–Kier alpha value is -2.17. The van der Waals surface area contributed by atoms with Crippen LogP contribution in [0.4, 0.5) is 0 Å². The molecule has 2 rings (SSSR count). The maximum Gasteiger partial charge on any atom is 0.264 e. The Balaban J connectivity index is 2.16. The van der Waals surface area contributed by atoms with Crippen LogP contribution in [0.25, 0.3) is 0 Å². The maximum absolute atomic E-state index is 10.9. The molecule has 5 nitrogen and oxygen atoms in total. The predicted molar refractivity (Wildman–Crippen MR) is 59.9 cm³/mol. The van der Waals surface area contributed by atoms with Crippen LogP contribution in [-0.2, 0) is 6.61 Å². The minimum absolute atomic E-state index is 0.159. The number of rotatable bonds is 4. The summed E-state index contributed by atoms with van der Waals surface area (Å²) in [5, 5.41) is 3.66. The van der Waals surface area contributed by atoms with Gasteiger partial charge in [0, 0.05) is 0 Å². The highest BCUT2D eigenvalue weighted by molar-refractivity contribution is 5.80. The summed E-state index contributed by atoms with van der Waals surface area (Å²) in [6, 6.07) is 5.39. The summed E-state index contributed by atoms with van der Waals surface area (Å²) < 4.78 is 10.5. The van der Waals surface area contributed by atoms with Crippen LogP contribution in [0.2, 0.25) is 0 Å².